The zero-order valence-corrected chi connectivity index (χ0v) is 14.9. The molecule has 0 aromatic rings. The number of ether oxygens (including phenoxy) is 1. The fourth-order valence-electron chi connectivity index (χ4n) is 3.52. The van der Waals surface area contributed by atoms with Gasteiger partial charge in [-0.05, 0) is 51.2 Å². The van der Waals surface area contributed by atoms with Crippen LogP contribution in [0.15, 0.2) is 35.6 Å². The van der Waals surface area contributed by atoms with E-state index in [0.29, 0.717) is 31.8 Å². The van der Waals surface area contributed by atoms with Crippen molar-refractivity contribution in [2.24, 2.45) is 11.3 Å². The number of nitrogens with one attached hydrogen (secondary N) is 1. The Kier molecular flexibility index (Phi) is 4.06. The van der Waals surface area contributed by atoms with Gasteiger partial charge in [0.25, 0.3) is 0 Å². The first-order chi connectivity index (χ1) is 11.2. The Morgan fingerprint density at radius 2 is 1.88 bits per heavy atom. The quantitative estimate of drug-likeness (QED) is 0.742. The SMILES string of the molecule is CC1C=CC2=C(C=C1)C1(CCN(C(=O)OC(C)(C)C)CC1)C(=O)N2. The second kappa shape index (κ2) is 5.80. The van der Waals surface area contributed by atoms with Crippen LogP contribution < -0.4 is 5.32 Å². The molecule has 0 bridgehead atoms. The van der Waals surface area contributed by atoms with Crippen molar-refractivity contribution >= 4 is 12.0 Å². The molecule has 5 nitrogen and oxygen atoms in total. The first-order valence-corrected chi connectivity index (χ1v) is 8.62. The maximum Gasteiger partial charge on any atom is 0.410 e. The Morgan fingerprint density at radius 1 is 1.25 bits per heavy atom. The number of amides is 2. The van der Waals surface area contributed by atoms with Crippen LogP contribution in [0, 0.1) is 11.3 Å². The van der Waals surface area contributed by atoms with Gasteiger partial charge in [0.15, 0.2) is 0 Å². The van der Waals surface area contributed by atoms with Crippen LogP contribution in [-0.4, -0.2) is 35.6 Å². The van der Waals surface area contributed by atoms with Crippen molar-refractivity contribution in [3.63, 3.8) is 0 Å². The van der Waals surface area contributed by atoms with Crippen LogP contribution in [0.25, 0.3) is 0 Å². The molecule has 1 unspecified atom stereocenters. The normalized spacial score (nSPS) is 25.6. The molecule has 24 heavy (non-hydrogen) atoms. The first-order valence-electron chi connectivity index (χ1n) is 8.62. The lowest BCUT2D eigenvalue weighted by atomic mass is 9.72. The lowest BCUT2D eigenvalue weighted by Gasteiger charge is -2.39. The highest BCUT2D eigenvalue weighted by Crippen LogP contribution is 2.45. The Balaban J connectivity index is 1.76. The molecule has 0 saturated carbocycles. The molecule has 2 heterocycles. The molecule has 1 saturated heterocycles. The molecule has 0 aromatic carbocycles. The Morgan fingerprint density at radius 3 is 2.50 bits per heavy atom. The largest absolute Gasteiger partial charge is 0.444 e. The van der Waals surface area contributed by atoms with Gasteiger partial charge >= 0.3 is 6.09 Å². The van der Waals surface area contributed by atoms with Crippen LogP contribution in [0.4, 0.5) is 4.79 Å². The zero-order valence-electron chi connectivity index (χ0n) is 14.9. The minimum absolute atomic E-state index is 0.0557. The molecule has 0 radical (unpaired) electrons. The summed E-state index contributed by atoms with van der Waals surface area (Å²) in [5.41, 5.74) is 0.958. The van der Waals surface area contributed by atoms with Crippen LogP contribution in [0.3, 0.4) is 0 Å². The second-order valence-electron chi connectivity index (χ2n) is 7.91. The van der Waals surface area contributed by atoms with Crippen LogP contribution in [0.2, 0.25) is 0 Å². The van der Waals surface area contributed by atoms with Crippen molar-refractivity contribution in [3.05, 3.63) is 35.6 Å². The third-order valence-corrected chi connectivity index (χ3v) is 4.89. The summed E-state index contributed by atoms with van der Waals surface area (Å²) in [7, 11) is 0. The summed E-state index contributed by atoms with van der Waals surface area (Å²) in [5, 5.41) is 3.03. The molecule has 130 valence electrons. The number of fused-ring (bicyclic) bond motifs is 1. The molecule has 5 heteroatoms. The summed E-state index contributed by atoms with van der Waals surface area (Å²) >= 11 is 0. The van der Waals surface area contributed by atoms with E-state index in [1.54, 1.807) is 4.90 Å². The smallest absolute Gasteiger partial charge is 0.410 e. The standard InChI is InChI=1S/C19H26N2O3/c1-13-5-7-14-15(8-6-13)20-16(22)19(14)9-11-21(12-10-19)17(23)24-18(2,3)4/h5-8,13H,9-12H2,1-4H3,(H,20,22). The highest BCUT2D eigenvalue weighted by atomic mass is 16.6. The van der Waals surface area contributed by atoms with E-state index in [0.717, 1.165) is 11.3 Å². The lowest BCUT2D eigenvalue weighted by Crippen LogP contribution is -2.48. The van der Waals surface area contributed by atoms with E-state index in [-0.39, 0.29) is 12.0 Å². The van der Waals surface area contributed by atoms with Gasteiger partial charge in [-0.1, -0.05) is 25.2 Å². The molecule has 1 N–H and O–H groups in total. The van der Waals surface area contributed by atoms with E-state index in [1.807, 2.05) is 26.8 Å². The average molecular weight is 330 g/mol. The first kappa shape index (κ1) is 16.8. The van der Waals surface area contributed by atoms with Crippen LogP contribution in [0.1, 0.15) is 40.5 Å². The molecule has 1 fully saturated rings. The number of hydrogen-bond acceptors (Lipinski definition) is 3. The number of nitrogens with zero attached hydrogens (tertiary/aromatic N) is 1. The van der Waals surface area contributed by atoms with Crippen molar-refractivity contribution in [1.82, 2.24) is 10.2 Å². The monoisotopic (exact) mass is 330 g/mol. The van der Waals surface area contributed by atoms with E-state index >= 15 is 0 Å². The van der Waals surface area contributed by atoms with Gasteiger partial charge in [-0.3, -0.25) is 4.79 Å². The minimum Gasteiger partial charge on any atom is -0.444 e. The van der Waals surface area contributed by atoms with E-state index in [4.69, 9.17) is 4.74 Å². The fourth-order valence-corrected chi connectivity index (χ4v) is 3.52. The number of hydrogen-bond donors (Lipinski definition) is 1. The Bertz CT molecular complexity index is 644. The van der Waals surface area contributed by atoms with Gasteiger partial charge in [-0.2, -0.15) is 0 Å². The number of allylic oxidation sites excluding steroid dienone is 4. The number of likely N-dealkylation sites (tertiary alicyclic amines) is 1. The maximum atomic E-state index is 12.7. The number of piperidine rings is 1. The van der Waals surface area contributed by atoms with Crippen LogP contribution in [0.5, 0.6) is 0 Å². The van der Waals surface area contributed by atoms with Crippen molar-refractivity contribution in [3.8, 4) is 0 Å². The summed E-state index contributed by atoms with van der Waals surface area (Å²) in [6, 6.07) is 0. The van der Waals surface area contributed by atoms with Gasteiger partial charge in [0, 0.05) is 18.8 Å². The summed E-state index contributed by atoms with van der Waals surface area (Å²) in [5.74, 6) is 0.409. The van der Waals surface area contributed by atoms with Gasteiger partial charge in [0.1, 0.15) is 5.60 Å². The third kappa shape index (κ3) is 2.99. The van der Waals surface area contributed by atoms with E-state index in [9.17, 15) is 9.59 Å². The highest BCUT2D eigenvalue weighted by molar-refractivity contribution is 5.93. The van der Waals surface area contributed by atoms with Gasteiger partial charge in [0.05, 0.1) is 5.41 Å². The Hall–Kier alpha value is -2.04. The third-order valence-electron chi connectivity index (χ3n) is 4.89. The van der Waals surface area contributed by atoms with Crippen molar-refractivity contribution in [2.45, 2.75) is 46.1 Å². The summed E-state index contributed by atoms with van der Waals surface area (Å²) in [6.07, 6.45) is 9.27. The molecule has 3 aliphatic rings. The summed E-state index contributed by atoms with van der Waals surface area (Å²) in [6.45, 7) is 8.78. The van der Waals surface area contributed by atoms with Crippen LogP contribution >= 0.6 is 0 Å². The maximum absolute atomic E-state index is 12.7. The van der Waals surface area contributed by atoms with Gasteiger partial charge < -0.3 is 15.0 Å². The predicted molar refractivity (Wildman–Crippen MR) is 92.1 cm³/mol. The average Bonchev–Trinajstić information content (AvgIpc) is 2.62. The molecule has 1 aliphatic carbocycles. The van der Waals surface area contributed by atoms with Gasteiger partial charge in [-0.15, -0.1) is 0 Å². The Labute approximate surface area is 143 Å². The number of carbonyl (C=O) groups excluding carboxylic acids is 2. The lowest BCUT2D eigenvalue weighted by molar-refractivity contribution is -0.128. The molecule has 0 aromatic heterocycles. The highest BCUT2D eigenvalue weighted by Gasteiger charge is 2.49. The minimum atomic E-state index is -0.515. The molecule has 2 amide bonds. The molecule has 1 spiro atoms. The number of rotatable bonds is 0. The molecular formula is C19H26N2O3. The second-order valence-corrected chi connectivity index (χ2v) is 7.91. The topological polar surface area (TPSA) is 58.6 Å². The van der Waals surface area contributed by atoms with E-state index in [2.05, 4.69) is 30.5 Å². The molecular weight excluding hydrogens is 304 g/mol. The van der Waals surface area contributed by atoms with Crippen molar-refractivity contribution in [2.75, 3.05) is 13.1 Å². The van der Waals surface area contributed by atoms with Crippen LogP contribution in [-0.2, 0) is 9.53 Å². The summed E-state index contributed by atoms with van der Waals surface area (Å²) < 4.78 is 5.45. The molecule has 2 aliphatic heterocycles. The van der Waals surface area contributed by atoms with Crippen molar-refractivity contribution in [1.29, 1.82) is 0 Å². The van der Waals surface area contributed by atoms with Gasteiger partial charge in [0.2, 0.25) is 5.91 Å². The fraction of sp³-hybridized carbons (Fsp3) is 0.579. The molecule has 3 rings (SSSR count). The van der Waals surface area contributed by atoms with E-state index < -0.39 is 11.0 Å². The van der Waals surface area contributed by atoms with Crippen molar-refractivity contribution < 1.29 is 14.3 Å². The van der Waals surface area contributed by atoms with Gasteiger partial charge in [-0.25, -0.2) is 4.79 Å². The van der Waals surface area contributed by atoms with E-state index in [1.165, 1.54) is 0 Å². The number of carbonyl (C=O) groups is 2. The summed E-state index contributed by atoms with van der Waals surface area (Å²) in [4.78, 5) is 26.6. The zero-order chi connectivity index (χ0) is 17.5. The molecule has 1 atom stereocenters. The predicted octanol–water partition coefficient (Wildman–Crippen LogP) is 3.15.